The van der Waals surface area contributed by atoms with Crippen molar-refractivity contribution in [2.45, 2.75) is 39.7 Å². The maximum absolute atomic E-state index is 5.51. The van der Waals surface area contributed by atoms with E-state index in [9.17, 15) is 0 Å². The van der Waals surface area contributed by atoms with Crippen LogP contribution in [0.15, 0.2) is 24.3 Å². The Kier molecular flexibility index (Phi) is 4.79. The number of hydrogen-bond donors (Lipinski definition) is 2. The third-order valence-electron chi connectivity index (χ3n) is 2.88. The van der Waals surface area contributed by atoms with Gasteiger partial charge in [-0.3, -0.25) is 11.3 Å². The molecule has 2 nitrogen and oxygen atoms in total. The second-order valence-electron chi connectivity index (χ2n) is 4.54. The lowest BCUT2D eigenvalue weighted by atomic mass is 9.97. The molecular formula is C13H22N2. The van der Waals surface area contributed by atoms with Gasteiger partial charge in [0.05, 0.1) is 0 Å². The zero-order chi connectivity index (χ0) is 11.3. The second kappa shape index (κ2) is 5.89. The van der Waals surface area contributed by atoms with Crippen molar-refractivity contribution in [2.24, 2.45) is 11.8 Å². The molecule has 15 heavy (non-hydrogen) atoms. The first-order chi connectivity index (χ1) is 7.13. The van der Waals surface area contributed by atoms with E-state index in [1.54, 1.807) is 0 Å². The molecule has 0 fully saturated rings. The van der Waals surface area contributed by atoms with E-state index in [0.717, 1.165) is 12.8 Å². The standard InChI is InChI=1S/C13H22N2/c1-10(2)13(15-14)9-8-12-6-4-11(3)5-7-12/h4-7,10,13,15H,8-9,14H2,1-3H3. The molecule has 2 heteroatoms. The second-order valence-corrected chi connectivity index (χ2v) is 4.54. The van der Waals surface area contributed by atoms with E-state index in [4.69, 9.17) is 5.84 Å². The van der Waals surface area contributed by atoms with Crippen LogP contribution in [0.1, 0.15) is 31.4 Å². The van der Waals surface area contributed by atoms with Gasteiger partial charge < -0.3 is 0 Å². The van der Waals surface area contributed by atoms with Gasteiger partial charge in [0.15, 0.2) is 0 Å². The first-order valence-corrected chi connectivity index (χ1v) is 5.65. The normalized spacial score (nSPS) is 13.1. The van der Waals surface area contributed by atoms with Gasteiger partial charge in [0.25, 0.3) is 0 Å². The van der Waals surface area contributed by atoms with Gasteiger partial charge in [0, 0.05) is 6.04 Å². The monoisotopic (exact) mass is 206 g/mol. The van der Waals surface area contributed by atoms with Crippen LogP contribution in [0.5, 0.6) is 0 Å². The molecule has 0 bridgehead atoms. The van der Waals surface area contributed by atoms with E-state index in [1.807, 2.05) is 0 Å². The number of hydrazine groups is 1. The van der Waals surface area contributed by atoms with Crippen LogP contribution < -0.4 is 11.3 Å². The smallest absolute Gasteiger partial charge is 0.0236 e. The fourth-order valence-electron chi connectivity index (χ4n) is 1.69. The predicted octanol–water partition coefficient (Wildman–Crippen LogP) is 2.42. The van der Waals surface area contributed by atoms with E-state index in [2.05, 4.69) is 50.5 Å². The van der Waals surface area contributed by atoms with Gasteiger partial charge in [-0.15, -0.1) is 0 Å². The maximum atomic E-state index is 5.51. The number of rotatable bonds is 5. The molecule has 0 aromatic heterocycles. The number of aryl methyl sites for hydroxylation is 2. The Morgan fingerprint density at radius 1 is 1.20 bits per heavy atom. The maximum Gasteiger partial charge on any atom is 0.0236 e. The fourth-order valence-corrected chi connectivity index (χ4v) is 1.69. The highest BCUT2D eigenvalue weighted by Gasteiger charge is 2.10. The minimum atomic E-state index is 0.409. The summed E-state index contributed by atoms with van der Waals surface area (Å²) in [6.45, 7) is 6.50. The summed E-state index contributed by atoms with van der Waals surface area (Å²) in [5.41, 5.74) is 5.59. The van der Waals surface area contributed by atoms with Crippen molar-refractivity contribution in [3.8, 4) is 0 Å². The molecule has 0 heterocycles. The molecule has 0 radical (unpaired) electrons. The number of nitrogens with two attached hydrogens (primary N) is 1. The molecule has 0 aliphatic carbocycles. The summed E-state index contributed by atoms with van der Waals surface area (Å²) < 4.78 is 0. The molecule has 3 N–H and O–H groups in total. The van der Waals surface area contributed by atoms with Gasteiger partial charge in [-0.2, -0.15) is 0 Å². The van der Waals surface area contributed by atoms with Crippen molar-refractivity contribution in [3.05, 3.63) is 35.4 Å². The molecule has 1 atom stereocenters. The molecule has 0 saturated carbocycles. The molecule has 0 saturated heterocycles. The van der Waals surface area contributed by atoms with Crippen LogP contribution in [0.2, 0.25) is 0 Å². The van der Waals surface area contributed by atoms with Gasteiger partial charge in [-0.1, -0.05) is 43.7 Å². The Hall–Kier alpha value is -0.860. The zero-order valence-corrected chi connectivity index (χ0v) is 9.96. The van der Waals surface area contributed by atoms with Crippen LogP contribution in [0.25, 0.3) is 0 Å². The van der Waals surface area contributed by atoms with Gasteiger partial charge >= 0.3 is 0 Å². The van der Waals surface area contributed by atoms with Crippen molar-refractivity contribution in [3.63, 3.8) is 0 Å². The molecule has 84 valence electrons. The van der Waals surface area contributed by atoms with Gasteiger partial charge in [-0.25, -0.2) is 0 Å². The minimum absolute atomic E-state index is 0.409. The van der Waals surface area contributed by atoms with E-state index in [0.29, 0.717) is 12.0 Å². The lowest BCUT2D eigenvalue weighted by Gasteiger charge is -2.19. The molecule has 1 unspecified atom stereocenters. The van der Waals surface area contributed by atoms with E-state index < -0.39 is 0 Å². The van der Waals surface area contributed by atoms with Crippen LogP contribution in [0.4, 0.5) is 0 Å². The Morgan fingerprint density at radius 2 is 1.80 bits per heavy atom. The van der Waals surface area contributed by atoms with Gasteiger partial charge in [0.1, 0.15) is 0 Å². The average molecular weight is 206 g/mol. The van der Waals surface area contributed by atoms with E-state index >= 15 is 0 Å². The summed E-state index contributed by atoms with van der Waals surface area (Å²) in [4.78, 5) is 0. The SMILES string of the molecule is Cc1ccc(CCC(NN)C(C)C)cc1. The first kappa shape index (κ1) is 12.2. The topological polar surface area (TPSA) is 38.0 Å². The van der Waals surface area contributed by atoms with Crippen molar-refractivity contribution < 1.29 is 0 Å². The summed E-state index contributed by atoms with van der Waals surface area (Å²) in [6, 6.07) is 9.13. The Labute approximate surface area is 92.8 Å². The number of nitrogens with one attached hydrogen (secondary N) is 1. The predicted molar refractivity (Wildman–Crippen MR) is 65.4 cm³/mol. The first-order valence-electron chi connectivity index (χ1n) is 5.65. The third-order valence-corrected chi connectivity index (χ3v) is 2.88. The summed E-state index contributed by atoms with van der Waals surface area (Å²) in [5.74, 6) is 6.10. The summed E-state index contributed by atoms with van der Waals surface area (Å²) in [5, 5.41) is 0. The van der Waals surface area contributed by atoms with Crippen LogP contribution in [0.3, 0.4) is 0 Å². The number of benzene rings is 1. The molecular weight excluding hydrogens is 184 g/mol. The summed E-state index contributed by atoms with van der Waals surface area (Å²) >= 11 is 0. The van der Waals surface area contributed by atoms with E-state index in [-0.39, 0.29) is 0 Å². The highest BCUT2D eigenvalue weighted by molar-refractivity contribution is 5.21. The van der Waals surface area contributed by atoms with E-state index in [1.165, 1.54) is 11.1 Å². The molecule has 0 amide bonds. The highest BCUT2D eigenvalue weighted by atomic mass is 15.2. The molecule has 1 aromatic carbocycles. The quantitative estimate of drug-likeness (QED) is 0.573. The molecule has 1 aromatic rings. The van der Waals surface area contributed by atoms with Crippen LogP contribution in [0, 0.1) is 12.8 Å². The zero-order valence-electron chi connectivity index (χ0n) is 9.96. The van der Waals surface area contributed by atoms with Crippen LogP contribution in [-0.2, 0) is 6.42 Å². The lowest BCUT2D eigenvalue weighted by molar-refractivity contribution is 0.384. The summed E-state index contributed by atoms with van der Waals surface area (Å²) in [7, 11) is 0. The molecule has 0 spiro atoms. The van der Waals surface area contributed by atoms with Crippen molar-refractivity contribution in [1.82, 2.24) is 5.43 Å². The van der Waals surface area contributed by atoms with Crippen LogP contribution in [-0.4, -0.2) is 6.04 Å². The Morgan fingerprint density at radius 3 is 2.27 bits per heavy atom. The van der Waals surface area contributed by atoms with Gasteiger partial charge in [-0.05, 0) is 31.2 Å². The number of hydrogen-bond acceptors (Lipinski definition) is 2. The fraction of sp³-hybridized carbons (Fsp3) is 0.538. The molecule has 0 aliphatic rings. The van der Waals surface area contributed by atoms with Crippen molar-refractivity contribution in [1.29, 1.82) is 0 Å². The van der Waals surface area contributed by atoms with Crippen LogP contribution >= 0.6 is 0 Å². The Bertz CT molecular complexity index is 277. The summed E-state index contributed by atoms with van der Waals surface area (Å²) in [6.07, 6.45) is 2.19. The third kappa shape index (κ3) is 4.02. The molecule has 0 aliphatic heterocycles. The highest BCUT2D eigenvalue weighted by Crippen LogP contribution is 2.11. The Balaban J connectivity index is 2.45. The average Bonchev–Trinajstić information content (AvgIpc) is 2.21. The van der Waals surface area contributed by atoms with Crippen molar-refractivity contribution >= 4 is 0 Å². The molecule has 1 rings (SSSR count). The largest absolute Gasteiger partial charge is 0.271 e. The minimum Gasteiger partial charge on any atom is -0.271 e. The van der Waals surface area contributed by atoms with Crippen molar-refractivity contribution in [2.75, 3.05) is 0 Å². The van der Waals surface area contributed by atoms with Gasteiger partial charge in [0.2, 0.25) is 0 Å². The lowest BCUT2D eigenvalue weighted by Crippen LogP contribution is -2.39.